The van der Waals surface area contributed by atoms with Crippen molar-refractivity contribution in [2.45, 2.75) is 45.6 Å². The van der Waals surface area contributed by atoms with Crippen molar-refractivity contribution in [3.8, 4) is 11.1 Å². The van der Waals surface area contributed by atoms with Gasteiger partial charge in [-0.1, -0.05) is 49.8 Å². The van der Waals surface area contributed by atoms with Gasteiger partial charge < -0.3 is 4.74 Å². The summed E-state index contributed by atoms with van der Waals surface area (Å²) >= 11 is 0. The second-order valence-corrected chi connectivity index (χ2v) is 7.12. The summed E-state index contributed by atoms with van der Waals surface area (Å²) in [6.07, 6.45) is 7.17. The van der Waals surface area contributed by atoms with Gasteiger partial charge in [-0.15, -0.1) is 0 Å². The van der Waals surface area contributed by atoms with Crippen LogP contribution in [0, 0.1) is 23.4 Å². The molecule has 1 aliphatic rings. The van der Waals surface area contributed by atoms with Gasteiger partial charge in [0.1, 0.15) is 5.82 Å². The molecule has 0 saturated carbocycles. The number of hydrogen-bond acceptors (Lipinski definition) is 1. The van der Waals surface area contributed by atoms with Crippen LogP contribution in [0.2, 0.25) is 0 Å². The topological polar surface area (TPSA) is 9.23 Å². The maximum Gasteiger partial charge on any atom is 0.167 e. The fourth-order valence-electron chi connectivity index (χ4n) is 3.74. The summed E-state index contributed by atoms with van der Waals surface area (Å²) < 4.78 is 49.2. The molecule has 0 aliphatic carbocycles. The molecular formula is C23H25F3O. The molecule has 0 spiro atoms. The van der Waals surface area contributed by atoms with E-state index in [0.717, 1.165) is 31.2 Å². The maximum absolute atomic E-state index is 14.7. The van der Waals surface area contributed by atoms with Crippen molar-refractivity contribution < 1.29 is 17.9 Å². The van der Waals surface area contributed by atoms with E-state index in [1.54, 1.807) is 19.1 Å². The Balaban J connectivity index is 1.83. The lowest BCUT2D eigenvalue weighted by Crippen LogP contribution is -2.20. The van der Waals surface area contributed by atoms with Crippen LogP contribution in [-0.4, -0.2) is 6.61 Å². The summed E-state index contributed by atoms with van der Waals surface area (Å²) in [7, 11) is 0. The molecule has 144 valence electrons. The smallest absolute Gasteiger partial charge is 0.167 e. The summed E-state index contributed by atoms with van der Waals surface area (Å²) in [6.45, 7) is 4.57. The number of rotatable bonds is 5. The minimum absolute atomic E-state index is 0.0573. The first kappa shape index (κ1) is 19.7. The van der Waals surface area contributed by atoms with Crippen LogP contribution < -0.4 is 0 Å². The van der Waals surface area contributed by atoms with Crippen molar-refractivity contribution in [3.05, 3.63) is 65.0 Å². The molecule has 0 bridgehead atoms. The zero-order valence-electron chi connectivity index (χ0n) is 15.8. The molecule has 4 heteroatoms. The van der Waals surface area contributed by atoms with Gasteiger partial charge in [0.25, 0.3) is 0 Å². The SMILES string of the molecule is C/C=C/c1ccc(-c2ccc(C3CCC(CCC)CO3)cc2F)c(F)c1F. The number of benzene rings is 2. The van der Waals surface area contributed by atoms with E-state index in [1.165, 1.54) is 30.3 Å². The summed E-state index contributed by atoms with van der Waals surface area (Å²) in [5.74, 6) is -1.99. The zero-order chi connectivity index (χ0) is 19.4. The molecule has 2 unspecified atom stereocenters. The van der Waals surface area contributed by atoms with Crippen molar-refractivity contribution in [2.24, 2.45) is 5.92 Å². The van der Waals surface area contributed by atoms with E-state index in [2.05, 4.69) is 6.92 Å². The Morgan fingerprint density at radius 3 is 2.44 bits per heavy atom. The Labute approximate surface area is 158 Å². The quantitative estimate of drug-likeness (QED) is 0.544. The molecule has 3 rings (SSSR count). The van der Waals surface area contributed by atoms with E-state index in [1.807, 2.05) is 0 Å². The van der Waals surface area contributed by atoms with E-state index < -0.39 is 17.5 Å². The minimum atomic E-state index is -1.03. The van der Waals surface area contributed by atoms with Gasteiger partial charge in [-0.05, 0) is 43.7 Å². The Morgan fingerprint density at radius 1 is 1.04 bits per heavy atom. The van der Waals surface area contributed by atoms with Gasteiger partial charge in [-0.25, -0.2) is 13.2 Å². The van der Waals surface area contributed by atoms with Crippen LogP contribution in [0.4, 0.5) is 13.2 Å². The lowest BCUT2D eigenvalue weighted by Gasteiger charge is -2.29. The number of allylic oxidation sites excluding steroid dienone is 1. The first-order valence-corrected chi connectivity index (χ1v) is 9.57. The first-order chi connectivity index (χ1) is 13.0. The number of ether oxygens (including phenoxy) is 1. The largest absolute Gasteiger partial charge is 0.373 e. The Hall–Kier alpha value is -2.07. The predicted molar refractivity (Wildman–Crippen MR) is 103 cm³/mol. The standard InChI is InChI=1S/C23H25F3O/c1-3-5-15-7-12-21(27-14-15)17-9-10-18(20(24)13-17)19-11-8-16(6-4-2)22(25)23(19)26/h4,6,8-11,13,15,21H,3,5,7,12,14H2,1-2H3/b6-4+. The second kappa shape index (κ2) is 8.75. The van der Waals surface area contributed by atoms with Crippen molar-refractivity contribution in [1.29, 1.82) is 0 Å². The molecule has 2 aromatic carbocycles. The van der Waals surface area contributed by atoms with Crippen molar-refractivity contribution in [1.82, 2.24) is 0 Å². The molecule has 27 heavy (non-hydrogen) atoms. The van der Waals surface area contributed by atoms with E-state index >= 15 is 0 Å². The summed E-state index contributed by atoms with van der Waals surface area (Å²) in [6, 6.07) is 7.52. The van der Waals surface area contributed by atoms with Crippen LogP contribution in [0.5, 0.6) is 0 Å². The Bertz CT molecular complexity index is 821. The molecule has 1 aliphatic heterocycles. The third-order valence-electron chi connectivity index (χ3n) is 5.18. The van der Waals surface area contributed by atoms with Gasteiger partial charge in [0, 0.05) is 16.7 Å². The summed E-state index contributed by atoms with van der Waals surface area (Å²) in [4.78, 5) is 0. The Kier molecular flexibility index (Phi) is 6.38. The highest BCUT2D eigenvalue weighted by molar-refractivity contribution is 5.68. The van der Waals surface area contributed by atoms with Gasteiger partial charge in [-0.2, -0.15) is 0 Å². The van der Waals surface area contributed by atoms with Crippen LogP contribution >= 0.6 is 0 Å². The third kappa shape index (κ3) is 4.27. The van der Waals surface area contributed by atoms with Crippen LogP contribution in [0.15, 0.2) is 36.4 Å². The summed E-state index contributed by atoms with van der Waals surface area (Å²) in [5.41, 5.74) is 0.879. The zero-order valence-corrected chi connectivity index (χ0v) is 15.8. The number of hydrogen-bond donors (Lipinski definition) is 0. The molecule has 0 amide bonds. The van der Waals surface area contributed by atoms with E-state index in [-0.39, 0.29) is 22.8 Å². The number of halogens is 3. The normalized spacial score (nSPS) is 20.3. The third-order valence-corrected chi connectivity index (χ3v) is 5.18. The molecule has 1 fully saturated rings. The van der Waals surface area contributed by atoms with Gasteiger partial charge in [0.15, 0.2) is 11.6 Å². The fraction of sp³-hybridized carbons (Fsp3) is 0.391. The molecule has 2 atom stereocenters. The van der Waals surface area contributed by atoms with Crippen LogP contribution in [0.3, 0.4) is 0 Å². The predicted octanol–water partition coefficient (Wildman–Crippen LogP) is 7.07. The first-order valence-electron chi connectivity index (χ1n) is 9.57. The van der Waals surface area contributed by atoms with Crippen molar-refractivity contribution in [3.63, 3.8) is 0 Å². The van der Waals surface area contributed by atoms with E-state index in [0.29, 0.717) is 12.5 Å². The monoisotopic (exact) mass is 374 g/mol. The van der Waals surface area contributed by atoms with Crippen molar-refractivity contribution in [2.75, 3.05) is 6.61 Å². The molecular weight excluding hydrogens is 349 g/mol. The van der Waals surface area contributed by atoms with Gasteiger partial charge >= 0.3 is 0 Å². The molecule has 2 aromatic rings. The van der Waals surface area contributed by atoms with Crippen LogP contribution in [0.1, 0.15) is 56.8 Å². The average molecular weight is 374 g/mol. The fourth-order valence-corrected chi connectivity index (χ4v) is 3.74. The molecule has 0 radical (unpaired) electrons. The van der Waals surface area contributed by atoms with E-state index in [4.69, 9.17) is 4.74 Å². The lowest BCUT2D eigenvalue weighted by molar-refractivity contribution is -0.0195. The highest BCUT2D eigenvalue weighted by Crippen LogP contribution is 2.35. The summed E-state index contributed by atoms with van der Waals surface area (Å²) in [5, 5.41) is 0. The van der Waals surface area contributed by atoms with E-state index in [9.17, 15) is 13.2 Å². The molecule has 0 N–H and O–H groups in total. The van der Waals surface area contributed by atoms with Gasteiger partial charge in [-0.3, -0.25) is 0 Å². The molecule has 1 nitrogen and oxygen atoms in total. The Morgan fingerprint density at radius 2 is 1.81 bits per heavy atom. The van der Waals surface area contributed by atoms with Crippen molar-refractivity contribution >= 4 is 6.08 Å². The van der Waals surface area contributed by atoms with Crippen LogP contribution in [0.25, 0.3) is 17.2 Å². The molecule has 1 heterocycles. The molecule has 0 aromatic heterocycles. The minimum Gasteiger partial charge on any atom is -0.373 e. The average Bonchev–Trinajstić information content (AvgIpc) is 2.67. The maximum atomic E-state index is 14.7. The highest BCUT2D eigenvalue weighted by atomic mass is 19.2. The van der Waals surface area contributed by atoms with Crippen LogP contribution in [-0.2, 0) is 4.74 Å². The van der Waals surface area contributed by atoms with Gasteiger partial charge in [0.2, 0.25) is 0 Å². The lowest BCUT2D eigenvalue weighted by atomic mass is 9.91. The highest BCUT2D eigenvalue weighted by Gasteiger charge is 2.24. The second-order valence-electron chi connectivity index (χ2n) is 7.12. The molecule has 1 saturated heterocycles. The van der Waals surface area contributed by atoms with Gasteiger partial charge in [0.05, 0.1) is 12.7 Å².